The second-order valence-electron chi connectivity index (χ2n) is 6.22. The number of hydrogen-bond donors (Lipinski definition) is 1. The maximum absolute atomic E-state index is 12.1. The molecule has 7 nitrogen and oxygen atoms in total. The van der Waals surface area contributed by atoms with Gasteiger partial charge in [0.1, 0.15) is 0 Å². The van der Waals surface area contributed by atoms with Crippen LogP contribution in [0.3, 0.4) is 0 Å². The van der Waals surface area contributed by atoms with E-state index in [-0.39, 0.29) is 17.3 Å². The van der Waals surface area contributed by atoms with Gasteiger partial charge in [0.2, 0.25) is 5.91 Å². The number of rotatable bonds is 6. The van der Waals surface area contributed by atoms with Crippen LogP contribution >= 0.6 is 11.8 Å². The van der Waals surface area contributed by atoms with Crippen LogP contribution in [0.5, 0.6) is 0 Å². The lowest BCUT2D eigenvalue weighted by Crippen LogP contribution is -2.19. The van der Waals surface area contributed by atoms with Gasteiger partial charge in [-0.2, -0.15) is 5.10 Å². The monoisotopic (exact) mass is 394 g/mol. The number of hydrogen-bond acceptors (Lipinski definition) is 6. The van der Waals surface area contributed by atoms with Gasteiger partial charge < -0.3 is 0 Å². The van der Waals surface area contributed by atoms with Crippen molar-refractivity contribution in [2.24, 2.45) is 5.10 Å². The number of nitrogens with one attached hydrogen (secondary N) is 1. The van der Waals surface area contributed by atoms with Crippen molar-refractivity contribution in [2.45, 2.75) is 18.7 Å². The number of thioether (sulfide) groups is 1. The summed E-state index contributed by atoms with van der Waals surface area (Å²) in [5, 5.41) is 15.7. The van der Waals surface area contributed by atoms with Crippen LogP contribution in [0.2, 0.25) is 0 Å². The van der Waals surface area contributed by atoms with Gasteiger partial charge in [0.25, 0.3) is 5.69 Å². The van der Waals surface area contributed by atoms with Crippen molar-refractivity contribution < 1.29 is 9.72 Å². The number of hydrazone groups is 1. The number of nitro groups is 1. The van der Waals surface area contributed by atoms with Crippen molar-refractivity contribution in [2.75, 3.05) is 5.75 Å². The van der Waals surface area contributed by atoms with E-state index in [9.17, 15) is 14.9 Å². The standard InChI is InChI=1S/C20H18N4O3S/c1-13-6-7-18-17(8-13)19(9-14(2)22-18)28-12-20(25)23-21-11-15-4-3-5-16(10-15)24(26)27/h3-11H,12H2,1-2H3,(H,23,25)/b21-11-. The van der Waals surface area contributed by atoms with Crippen LogP contribution in [-0.4, -0.2) is 27.8 Å². The molecule has 0 fully saturated rings. The second-order valence-corrected chi connectivity index (χ2v) is 7.23. The van der Waals surface area contributed by atoms with Gasteiger partial charge in [0, 0.05) is 33.7 Å². The third kappa shape index (κ3) is 4.92. The number of nitro benzene ring substituents is 1. The third-order valence-electron chi connectivity index (χ3n) is 3.90. The third-order valence-corrected chi connectivity index (χ3v) is 4.95. The average Bonchev–Trinajstić information content (AvgIpc) is 2.66. The van der Waals surface area contributed by atoms with Gasteiger partial charge in [-0.1, -0.05) is 23.8 Å². The Kier molecular flexibility index (Phi) is 6.00. The first-order valence-electron chi connectivity index (χ1n) is 8.49. The molecule has 8 heteroatoms. The van der Waals surface area contributed by atoms with Crippen LogP contribution in [0.25, 0.3) is 10.9 Å². The Hall–Kier alpha value is -3.26. The Morgan fingerprint density at radius 2 is 2.07 bits per heavy atom. The lowest BCUT2D eigenvalue weighted by Gasteiger charge is -2.08. The molecule has 1 amide bonds. The Morgan fingerprint density at radius 1 is 1.25 bits per heavy atom. The molecule has 0 saturated carbocycles. The van der Waals surface area contributed by atoms with Crippen LogP contribution < -0.4 is 5.43 Å². The zero-order chi connectivity index (χ0) is 20.1. The predicted molar refractivity (Wildman–Crippen MR) is 111 cm³/mol. The summed E-state index contributed by atoms with van der Waals surface area (Å²) in [6, 6.07) is 14.0. The van der Waals surface area contributed by atoms with Crippen LogP contribution in [0.1, 0.15) is 16.8 Å². The van der Waals surface area contributed by atoms with Crippen molar-refractivity contribution >= 4 is 40.5 Å². The first kappa shape index (κ1) is 19.5. The van der Waals surface area contributed by atoms with E-state index in [4.69, 9.17) is 0 Å². The Morgan fingerprint density at radius 3 is 2.86 bits per heavy atom. The normalized spacial score (nSPS) is 11.1. The highest BCUT2D eigenvalue weighted by Gasteiger charge is 2.08. The quantitative estimate of drug-likeness (QED) is 0.295. The van der Waals surface area contributed by atoms with Crippen molar-refractivity contribution in [1.29, 1.82) is 0 Å². The van der Waals surface area contributed by atoms with Gasteiger partial charge >= 0.3 is 0 Å². The molecule has 0 spiro atoms. The lowest BCUT2D eigenvalue weighted by molar-refractivity contribution is -0.384. The molecule has 0 aliphatic carbocycles. The molecule has 0 aliphatic rings. The Bertz CT molecular complexity index is 1080. The SMILES string of the molecule is Cc1ccc2nc(C)cc(SCC(=O)N/N=C\c3cccc([N+](=O)[O-])c3)c2c1. The first-order valence-corrected chi connectivity index (χ1v) is 9.48. The maximum atomic E-state index is 12.1. The zero-order valence-corrected chi connectivity index (χ0v) is 16.2. The number of non-ortho nitro benzene ring substituents is 1. The summed E-state index contributed by atoms with van der Waals surface area (Å²) in [7, 11) is 0. The summed E-state index contributed by atoms with van der Waals surface area (Å²) >= 11 is 1.42. The summed E-state index contributed by atoms with van der Waals surface area (Å²) in [6.07, 6.45) is 1.38. The van der Waals surface area contributed by atoms with E-state index in [1.165, 1.54) is 30.1 Å². The average molecular weight is 394 g/mol. The highest BCUT2D eigenvalue weighted by Crippen LogP contribution is 2.28. The first-order chi connectivity index (χ1) is 13.4. The van der Waals surface area contributed by atoms with Gasteiger partial charge in [-0.3, -0.25) is 19.9 Å². The van der Waals surface area contributed by atoms with Gasteiger partial charge in [-0.25, -0.2) is 5.43 Å². The molecule has 2 aromatic carbocycles. The molecule has 142 valence electrons. The van der Waals surface area contributed by atoms with Crippen LogP contribution in [0.4, 0.5) is 5.69 Å². The number of pyridine rings is 1. The smallest absolute Gasteiger partial charge is 0.270 e. The van der Waals surface area contributed by atoms with Crippen LogP contribution in [-0.2, 0) is 4.79 Å². The molecule has 0 atom stereocenters. The summed E-state index contributed by atoms with van der Waals surface area (Å²) < 4.78 is 0. The maximum Gasteiger partial charge on any atom is 0.270 e. The molecule has 0 saturated heterocycles. The van der Waals surface area contributed by atoms with Crippen molar-refractivity contribution in [1.82, 2.24) is 10.4 Å². The molecule has 1 aromatic heterocycles. The number of carbonyl (C=O) groups excluding carboxylic acids is 1. The minimum Gasteiger partial charge on any atom is -0.272 e. The van der Waals surface area contributed by atoms with Crippen LogP contribution in [0.15, 0.2) is 58.5 Å². The number of aromatic nitrogens is 1. The summed E-state index contributed by atoms with van der Waals surface area (Å²) in [4.78, 5) is 27.9. The van der Waals surface area contributed by atoms with Gasteiger partial charge in [-0.15, -0.1) is 11.8 Å². The number of benzene rings is 2. The van der Waals surface area contributed by atoms with Crippen molar-refractivity contribution in [3.8, 4) is 0 Å². The molecular formula is C20H18N4O3S. The van der Waals surface area contributed by atoms with E-state index < -0.39 is 4.92 Å². The molecule has 1 N–H and O–H groups in total. The second kappa shape index (κ2) is 8.62. The van der Waals surface area contributed by atoms with E-state index in [0.717, 1.165) is 27.1 Å². The minimum absolute atomic E-state index is 0.0268. The fourth-order valence-electron chi connectivity index (χ4n) is 2.63. The van der Waals surface area contributed by atoms with Gasteiger partial charge in [-0.05, 0) is 32.0 Å². The number of carbonyl (C=O) groups is 1. The van der Waals surface area contributed by atoms with E-state index in [0.29, 0.717) is 5.56 Å². The van der Waals surface area contributed by atoms with Gasteiger partial charge in [0.05, 0.1) is 22.4 Å². The van der Waals surface area contributed by atoms with Crippen LogP contribution in [0, 0.1) is 24.0 Å². The van der Waals surface area contributed by atoms with Gasteiger partial charge in [0.15, 0.2) is 0 Å². The summed E-state index contributed by atoms with van der Waals surface area (Å²) in [6.45, 7) is 3.94. The predicted octanol–water partition coefficient (Wildman–Crippen LogP) is 4.00. The molecule has 0 aliphatic heterocycles. The molecule has 0 bridgehead atoms. The topological polar surface area (TPSA) is 97.5 Å². The molecule has 3 aromatic rings. The molecular weight excluding hydrogens is 376 g/mol. The highest BCUT2D eigenvalue weighted by molar-refractivity contribution is 8.00. The van der Waals surface area contributed by atoms with Crippen molar-refractivity contribution in [3.05, 3.63) is 75.5 Å². The lowest BCUT2D eigenvalue weighted by atomic mass is 10.1. The molecule has 0 radical (unpaired) electrons. The summed E-state index contributed by atoms with van der Waals surface area (Å²) in [5.41, 5.74) is 5.88. The Balaban J connectivity index is 1.63. The zero-order valence-electron chi connectivity index (χ0n) is 15.4. The highest BCUT2D eigenvalue weighted by atomic mass is 32.2. The summed E-state index contributed by atoms with van der Waals surface area (Å²) in [5.74, 6) is -0.0689. The van der Waals surface area contributed by atoms with E-state index in [1.807, 2.05) is 32.0 Å². The number of aryl methyl sites for hydroxylation is 2. The molecule has 28 heavy (non-hydrogen) atoms. The number of nitrogens with zero attached hydrogens (tertiary/aromatic N) is 3. The minimum atomic E-state index is -0.477. The number of amides is 1. The number of fused-ring (bicyclic) bond motifs is 1. The fourth-order valence-corrected chi connectivity index (χ4v) is 3.55. The largest absolute Gasteiger partial charge is 0.272 e. The van der Waals surface area contributed by atoms with E-state index in [1.54, 1.807) is 12.1 Å². The van der Waals surface area contributed by atoms with E-state index >= 15 is 0 Å². The van der Waals surface area contributed by atoms with Crippen molar-refractivity contribution in [3.63, 3.8) is 0 Å². The molecule has 0 unspecified atom stereocenters. The Labute approximate surface area is 166 Å². The molecule has 3 rings (SSSR count). The fraction of sp³-hybridized carbons (Fsp3) is 0.150. The van der Waals surface area contributed by atoms with E-state index in [2.05, 4.69) is 21.6 Å². The molecule has 1 heterocycles.